The molecule has 0 saturated heterocycles. The van der Waals surface area contributed by atoms with Crippen molar-refractivity contribution in [1.82, 2.24) is 20.1 Å². The van der Waals surface area contributed by atoms with Crippen molar-refractivity contribution in [3.63, 3.8) is 0 Å². The van der Waals surface area contributed by atoms with Gasteiger partial charge in [-0.1, -0.05) is 5.16 Å². The van der Waals surface area contributed by atoms with E-state index in [1.54, 1.807) is 6.20 Å². The van der Waals surface area contributed by atoms with Gasteiger partial charge < -0.3 is 25.0 Å². The van der Waals surface area contributed by atoms with Crippen molar-refractivity contribution < 1.29 is 19.5 Å². The highest BCUT2D eigenvalue weighted by atomic mass is 16.5. The van der Waals surface area contributed by atoms with E-state index in [-0.39, 0.29) is 29.7 Å². The van der Waals surface area contributed by atoms with Crippen molar-refractivity contribution in [2.75, 3.05) is 5.32 Å². The number of ketones is 1. The molecule has 184 valence electrons. The summed E-state index contributed by atoms with van der Waals surface area (Å²) < 4.78 is 5.44. The molecule has 3 heterocycles. The van der Waals surface area contributed by atoms with Crippen molar-refractivity contribution in [3.8, 4) is 11.4 Å². The fourth-order valence-electron chi connectivity index (χ4n) is 7.66. The summed E-state index contributed by atoms with van der Waals surface area (Å²) in [5.74, 6) is 1.55. The summed E-state index contributed by atoms with van der Waals surface area (Å²) in [6, 6.07) is 2.27. The van der Waals surface area contributed by atoms with Crippen LogP contribution in [0, 0.1) is 23.7 Å². The maximum Gasteiger partial charge on any atom is 0.294 e. The lowest BCUT2D eigenvalue weighted by Gasteiger charge is -2.58. The van der Waals surface area contributed by atoms with Crippen LogP contribution in [0.25, 0.3) is 22.4 Å². The lowest BCUT2D eigenvalue weighted by molar-refractivity contribution is -0.129. The summed E-state index contributed by atoms with van der Waals surface area (Å²) in [7, 11) is 0. The molecule has 5 aliphatic carbocycles. The molecule has 1 unspecified atom stereocenters. The number of rotatable bonds is 5. The molecule has 0 amide bonds. The van der Waals surface area contributed by atoms with Gasteiger partial charge in [-0.25, -0.2) is 4.98 Å². The normalized spacial score (nSPS) is 36.1. The van der Waals surface area contributed by atoms with E-state index in [0.29, 0.717) is 54.8 Å². The Kier molecular flexibility index (Phi) is 4.83. The van der Waals surface area contributed by atoms with Crippen LogP contribution in [-0.2, 0) is 0 Å². The van der Waals surface area contributed by atoms with Gasteiger partial charge in [0, 0.05) is 29.7 Å². The van der Waals surface area contributed by atoms with E-state index in [1.807, 2.05) is 12.3 Å². The molecule has 4 bridgehead atoms. The topological polar surface area (TPSA) is 137 Å². The van der Waals surface area contributed by atoms with Crippen LogP contribution >= 0.6 is 0 Å². The van der Waals surface area contributed by atoms with E-state index in [1.165, 1.54) is 0 Å². The van der Waals surface area contributed by atoms with Crippen LogP contribution in [0.2, 0.25) is 0 Å². The van der Waals surface area contributed by atoms with Gasteiger partial charge in [-0.2, -0.15) is 4.98 Å². The molecule has 5 aliphatic rings. The number of carbonyl (C=O) groups excluding carboxylic acids is 1. The first-order valence-electron chi connectivity index (χ1n) is 13.0. The zero-order valence-corrected chi connectivity index (χ0v) is 19.6. The van der Waals surface area contributed by atoms with Crippen LogP contribution < -0.4 is 5.32 Å². The van der Waals surface area contributed by atoms with E-state index < -0.39 is 5.60 Å². The fraction of sp³-hybridized carbons (Fsp3) is 0.615. The van der Waals surface area contributed by atoms with Gasteiger partial charge in [0.2, 0.25) is 11.6 Å². The van der Waals surface area contributed by atoms with E-state index in [2.05, 4.69) is 25.4 Å². The number of hydrogen-bond donors (Lipinski definition) is 4. The van der Waals surface area contributed by atoms with Crippen molar-refractivity contribution in [3.05, 3.63) is 24.4 Å². The van der Waals surface area contributed by atoms with Crippen LogP contribution in [-0.4, -0.2) is 53.9 Å². The molecule has 9 nitrogen and oxygen atoms in total. The van der Waals surface area contributed by atoms with Crippen molar-refractivity contribution in [2.45, 2.75) is 75.5 Å². The molecule has 5 saturated carbocycles. The minimum atomic E-state index is -0.489. The van der Waals surface area contributed by atoms with Gasteiger partial charge in [0.25, 0.3) is 5.89 Å². The van der Waals surface area contributed by atoms with Crippen molar-refractivity contribution in [2.24, 2.45) is 23.7 Å². The second-order valence-electron chi connectivity index (χ2n) is 11.4. The summed E-state index contributed by atoms with van der Waals surface area (Å²) >= 11 is 0. The number of pyridine rings is 1. The smallest absolute Gasteiger partial charge is 0.294 e. The zero-order chi connectivity index (χ0) is 23.7. The second kappa shape index (κ2) is 7.86. The van der Waals surface area contributed by atoms with Gasteiger partial charge in [0.05, 0.1) is 23.0 Å². The van der Waals surface area contributed by atoms with Gasteiger partial charge in [-0.3, -0.25) is 4.79 Å². The summed E-state index contributed by atoms with van der Waals surface area (Å²) in [6.07, 6.45) is 10.8. The van der Waals surface area contributed by atoms with Crippen LogP contribution in [0.1, 0.15) is 68.5 Å². The average Bonchev–Trinajstić information content (AvgIpc) is 3.50. The minimum absolute atomic E-state index is 0.0263. The number of hydrogen-bond acceptors (Lipinski definition) is 8. The molecular formula is C26H31N5O4. The van der Waals surface area contributed by atoms with E-state index >= 15 is 0 Å². The lowest BCUT2D eigenvalue weighted by atomic mass is 9.52. The molecule has 3 aromatic rings. The van der Waals surface area contributed by atoms with Crippen molar-refractivity contribution in [1.29, 1.82) is 0 Å². The lowest BCUT2D eigenvalue weighted by Crippen LogP contribution is -2.59. The van der Waals surface area contributed by atoms with Gasteiger partial charge in [-0.15, -0.1) is 0 Å². The third kappa shape index (κ3) is 3.59. The predicted molar refractivity (Wildman–Crippen MR) is 128 cm³/mol. The molecule has 3 aromatic heterocycles. The quantitative estimate of drug-likeness (QED) is 0.408. The average molecular weight is 478 g/mol. The first kappa shape index (κ1) is 21.5. The number of fused-ring (bicyclic) bond motifs is 1. The first-order chi connectivity index (χ1) is 17.0. The number of aromatic nitrogens is 4. The Balaban J connectivity index is 1.21. The maximum absolute atomic E-state index is 13.0. The van der Waals surface area contributed by atoms with E-state index in [9.17, 15) is 15.0 Å². The summed E-state index contributed by atoms with van der Waals surface area (Å²) in [4.78, 5) is 25.2. The van der Waals surface area contributed by atoms with Gasteiger partial charge >= 0.3 is 0 Å². The third-order valence-corrected chi connectivity index (χ3v) is 9.08. The van der Waals surface area contributed by atoms with Crippen LogP contribution in [0.3, 0.4) is 0 Å². The molecule has 0 aromatic carbocycles. The summed E-state index contributed by atoms with van der Waals surface area (Å²) in [5.41, 5.74) is 1.91. The number of aliphatic hydroxyl groups is 2. The minimum Gasteiger partial charge on any atom is -0.393 e. The van der Waals surface area contributed by atoms with Crippen LogP contribution in [0.15, 0.2) is 23.0 Å². The largest absolute Gasteiger partial charge is 0.393 e. The molecule has 8 rings (SSSR count). The molecule has 0 radical (unpaired) electrons. The number of Topliss-reactive ketones (excluding diaryl/α,β-unsaturated/α-hetero) is 1. The Morgan fingerprint density at radius 1 is 1.14 bits per heavy atom. The maximum atomic E-state index is 13.0. The summed E-state index contributed by atoms with van der Waals surface area (Å²) in [6.45, 7) is 0. The first-order valence-corrected chi connectivity index (χ1v) is 13.0. The fourth-order valence-corrected chi connectivity index (χ4v) is 7.66. The molecule has 35 heavy (non-hydrogen) atoms. The third-order valence-electron chi connectivity index (χ3n) is 9.08. The molecule has 9 heteroatoms. The van der Waals surface area contributed by atoms with Crippen LogP contribution in [0.5, 0.6) is 0 Å². The molecule has 0 spiro atoms. The number of carbonyl (C=O) groups is 1. The molecule has 5 atom stereocenters. The number of nitrogens with one attached hydrogen (secondary N) is 2. The predicted octanol–water partition coefficient (Wildman–Crippen LogP) is 3.70. The number of aliphatic hydroxyl groups excluding tert-OH is 1. The van der Waals surface area contributed by atoms with Gasteiger partial charge in [-0.05, 0) is 81.6 Å². The van der Waals surface area contributed by atoms with Gasteiger partial charge in [0.1, 0.15) is 5.65 Å². The Hall–Kier alpha value is -2.78. The number of aromatic amines is 1. The highest BCUT2D eigenvalue weighted by molar-refractivity contribution is 5.98. The molecular weight excluding hydrogens is 446 g/mol. The number of H-pyrrole nitrogens is 1. The Morgan fingerprint density at radius 2 is 1.91 bits per heavy atom. The number of nitrogens with zero attached hydrogens (tertiary/aromatic N) is 3. The Morgan fingerprint density at radius 3 is 2.66 bits per heavy atom. The van der Waals surface area contributed by atoms with Gasteiger partial charge in [0.15, 0.2) is 0 Å². The molecule has 0 aliphatic heterocycles. The number of anilines is 1. The Bertz CT molecular complexity index is 1260. The summed E-state index contributed by atoms with van der Waals surface area (Å²) in [5, 5.41) is 29.7. The standard InChI is InChI=1S/C26H31N5O4/c32-17-3-1-14(2-4-17)22(33)25-30-24(31-35-25)19-12-28-23-18(5-6-27-23)21(19)29-20-15-7-13-8-16(20)11-26(34,9-13)10-15/h5-6,12-17,20,32,34H,1-4,7-11H2,(H2,27,28,29)/t13?,14?,15-,16+,17?,20+,26-. The second-order valence-corrected chi connectivity index (χ2v) is 11.4. The zero-order valence-electron chi connectivity index (χ0n) is 19.6. The molecule has 4 N–H and O–H groups in total. The van der Waals surface area contributed by atoms with Crippen LogP contribution in [0.4, 0.5) is 5.69 Å². The monoisotopic (exact) mass is 477 g/mol. The van der Waals surface area contributed by atoms with E-state index in [0.717, 1.165) is 48.8 Å². The van der Waals surface area contributed by atoms with Crippen molar-refractivity contribution >= 4 is 22.5 Å². The Labute approximate surface area is 202 Å². The molecule has 5 fully saturated rings. The highest BCUT2D eigenvalue weighted by Gasteiger charge is 2.54. The SMILES string of the molecule is O=C(c1nc(-c2cnc3[nH]ccc3c2N[C@H]2[C@@H]3CC4C[C@H]2C[C@@](O)(C4)C3)no1)C1CCC(O)CC1. The van der Waals surface area contributed by atoms with E-state index in [4.69, 9.17) is 4.52 Å². The highest BCUT2D eigenvalue weighted by Crippen LogP contribution is 2.56.